The van der Waals surface area contributed by atoms with E-state index in [-0.39, 0.29) is 17.3 Å². The van der Waals surface area contributed by atoms with Crippen molar-refractivity contribution in [2.75, 3.05) is 0 Å². The van der Waals surface area contributed by atoms with Crippen LogP contribution in [-0.4, -0.2) is 25.8 Å². The molecule has 0 aliphatic carbocycles. The second kappa shape index (κ2) is 5.54. The summed E-state index contributed by atoms with van der Waals surface area (Å²) < 4.78 is 1.56. The van der Waals surface area contributed by atoms with Crippen LogP contribution < -0.4 is 5.69 Å². The van der Waals surface area contributed by atoms with E-state index >= 15 is 0 Å². The molecule has 0 spiro atoms. The van der Waals surface area contributed by atoms with Crippen LogP contribution in [0, 0.1) is 6.92 Å². The first kappa shape index (κ1) is 14.4. The van der Waals surface area contributed by atoms with Crippen molar-refractivity contribution in [3.63, 3.8) is 0 Å². The van der Waals surface area contributed by atoms with E-state index in [9.17, 15) is 9.59 Å². The Hall–Kier alpha value is -2.02. The number of rotatable bonds is 4. The molecule has 0 radical (unpaired) electrons. The molecule has 0 amide bonds. The molecule has 0 aliphatic rings. The van der Waals surface area contributed by atoms with Crippen molar-refractivity contribution in [2.45, 2.75) is 36.9 Å². The van der Waals surface area contributed by atoms with Crippen LogP contribution in [0.25, 0.3) is 0 Å². The summed E-state index contributed by atoms with van der Waals surface area (Å²) in [6, 6.07) is 5.05. The van der Waals surface area contributed by atoms with Crippen LogP contribution in [0.15, 0.2) is 33.0 Å². The molecular weight excluding hydrogens is 278 g/mol. The number of aryl methyl sites for hydroxylation is 1. The highest BCUT2D eigenvalue weighted by Gasteiger charge is 2.14. The summed E-state index contributed by atoms with van der Waals surface area (Å²) in [5, 5.41) is 16.0. The molecule has 106 valence electrons. The lowest BCUT2D eigenvalue weighted by Crippen LogP contribution is -2.19. The molecule has 0 saturated carbocycles. The number of benzene rings is 1. The topological polar surface area (TPSA) is 88.0 Å². The van der Waals surface area contributed by atoms with Gasteiger partial charge in [-0.2, -0.15) is 0 Å². The predicted octanol–water partition coefficient (Wildman–Crippen LogP) is 2.31. The van der Waals surface area contributed by atoms with E-state index in [4.69, 9.17) is 5.11 Å². The van der Waals surface area contributed by atoms with Gasteiger partial charge in [-0.05, 0) is 56.3 Å². The number of nitrogens with one attached hydrogen (secondary N) is 1. The quantitative estimate of drug-likeness (QED) is 0.903. The van der Waals surface area contributed by atoms with Crippen LogP contribution in [0.4, 0.5) is 0 Å². The molecule has 6 nitrogen and oxygen atoms in total. The molecule has 2 aromatic rings. The molecule has 0 saturated heterocycles. The standard InChI is InChI=1S/C13H15N3O3S/c1-7(2)16-12(19)14-15-13(16)20-9-4-5-10(11(17)18)8(3)6-9/h4-7H,1-3H3,(H,14,19)(H,17,18). The van der Waals surface area contributed by atoms with E-state index < -0.39 is 5.97 Å². The first-order valence-corrected chi connectivity index (χ1v) is 6.90. The molecule has 0 bridgehead atoms. The molecule has 20 heavy (non-hydrogen) atoms. The minimum absolute atomic E-state index is 0.00291. The van der Waals surface area contributed by atoms with Gasteiger partial charge in [-0.25, -0.2) is 14.7 Å². The van der Waals surface area contributed by atoms with Gasteiger partial charge in [0.15, 0.2) is 5.16 Å². The van der Waals surface area contributed by atoms with Gasteiger partial charge in [0.25, 0.3) is 0 Å². The van der Waals surface area contributed by atoms with Gasteiger partial charge in [0, 0.05) is 10.9 Å². The smallest absolute Gasteiger partial charge is 0.344 e. The number of carbonyl (C=O) groups is 1. The lowest BCUT2D eigenvalue weighted by molar-refractivity contribution is 0.0696. The maximum atomic E-state index is 11.6. The number of aromatic carboxylic acids is 1. The van der Waals surface area contributed by atoms with Crippen LogP contribution in [0.5, 0.6) is 0 Å². The second-order valence-electron chi connectivity index (χ2n) is 4.66. The van der Waals surface area contributed by atoms with Gasteiger partial charge in [0.05, 0.1) is 5.56 Å². The number of nitrogens with zero attached hydrogens (tertiary/aromatic N) is 2. The molecule has 7 heteroatoms. The monoisotopic (exact) mass is 293 g/mol. The summed E-state index contributed by atoms with van der Waals surface area (Å²) in [6.45, 7) is 5.55. The summed E-state index contributed by atoms with van der Waals surface area (Å²) in [4.78, 5) is 23.4. The Bertz CT molecular complexity index is 703. The molecule has 1 heterocycles. The van der Waals surface area contributed by atoms with Gasteiger partial charge in [0.2, 0.25) is 0 Å². The van der Waals surface area contributed by atoms with E-state index in [1.54, 1.807) is 29.7 Å². The molecule has 0 aliphatic heterocycles. The minimum atomic E-state index is -0.946. The fourth-order valence-electron chi connectivity index (χ4n) is 1.86. The fourth-order valence-corrected chi connectivity index (χ4v) is 2.93. The first-order chi connectivity index (χ1) is 9.40. The average Bonchev–Trinajstić information content (AvgIpc) is 2.70. The van der Waals surface area contributed by atoms with E-state index in [1.165, 1.54) is 11.8 Å². The van der Waals surface area contributed by atoms with Crippen molar-refractivity contribution in [1.82, 2.24) is 14.8 Å². The number of hydrogen-bond donors (Lipinski definition) is 2. The molecule has 0 unspecified atom stereocenters. The fraction of sp³-hybridized carbons (Fsp3) is 0.308. The first-order valence-electron chi connectivity index (χ1n) is 6.09. The molecule has 2 N–H and O–H groups in total. The van der Waals surface area contributed by atoms with Crippen LogP contribution in [0.3, 0.4) is 0 Å². The van der Waals surface area contributed by atoms with Gasteiger partial charge in [-0.15, -0.1) is 5.10 Å². The molecule has 0 atom stereocenters. The van der Waals surface area contributed by atoms with Crippen molar-refractivity contribution in [1.29, 1.82) is 0 Å². The Labute approximate surface area is 119 Å². The van der Waals surface area contributed by atoms with Gasteiger partial charge in [-0.1, -0.05) is 0 Å². The number of aromatic amines is 1. The van der Waals surface area contributed by atoms with Gasteiger partial charge < -0.3 is 5.11 Å². The number of carboxylic acid groups (broad SMARTS) is 1. The van der Waals surface area contributed by atoms with Crippen molar-refractivity contribution in [2.24, 2.45) is 0 Å². The molecule has 1 aromatic carbocycles. The van der Waals surface area contributed by atoms with Crippen molar-refractivity contribution < 1.29 is 9.90 Å². The molecule has 1 aromatic heterocycles. The SMILES string of the molecule is Cc1cc(Sc2n[nH]c(=O)n2C(C)C)ccc1C(=O)O. The minimum Gasteiger partial charge on any atom is -0.478 e. The number of carboxylic acids is 1. The van der Waals surface area contributed by atoms with Crippen LogP contribution >= 0.6 is 11.8 Å². The van der Waals surface area contributed by atoms with Crippen molar-refractivity contribution in [3.05, 3.63) is 39.8 Å². The summed E-state index contributed by atoms with van der Waals surface area (Å²) in [5.74, 6) is -0.946. The second-order valence-corrected chi connectivity index (χ2v) is 5.70. The maximum Gasteiger partial charge on any atom is 0.344 e. The highest BCUT2D eigenvalue weighted by Crippen LogP contribution is 2.28. The Morgan fingerprint density at radius 1 is 1.45 bits per heavy atom. The zero-order chi connectivity index (χ0) is 14.9. The van der Waals surface area contributed by atoms with E-state index in [0.717, 1.165) is 4.90 Å². The highest BCUT2D eigenvalue weighted by atomic mass is 32.2. The third kappa shape index (κ3) is 2.77. The summed E-state index contributed by atoms with van der Waals surface area (Å²) >= 11 is 1.33. The van der Waals surface area contributed by atoms with Gasteiger partial charge in [0.1, 0.15) is 0 Å². The van der Waals surface area contributed by atoms with Crippen molar-refractivity contribution in [3.8, 4) is 0 Å². The van der Waals surface area contributed by atoms with Gasteiger partial charge in [-0.3, -0.25) is 4.57 Å². The number of hydrogen-bond acceptors (Lipinski definition) is 4. The van der Waals surface area contributed by atoms with Crippen LogP contribution in [-0.2, 0) is 0 Å². The lowest BCUT2D eigenvalue weighted by atomic mass is 10.1. The Morgan fingerprint density at radius 3 is 2.70 bits per heavy atom. The zero-order valence-electron chi connectivity index (χ0n) is 11.4. The average molecular weight is 293 g/mol. The molecular formula is C13H15N3O3S. The third-order valence-corrected chi connectivity index (χ3v) is 3.79. The Morgan fingerprint density at radius 2 is 2.15 bits per heavy atom. The normalized spacial score (nSPS) is 11.0. The number of aromatic nitrogens is 3. The number of H-pyrrole nitrogens is 1. The highest BCUT2D eigenvalue weighted by molar-refractivity contribution is 7.99. The largest absolute Gasteiger partial charge is 0.478 e. The third-order valence-electron chi connectivity index (χ3n) is 2.83. The maximum absolute atomic E-state index is 11.6. The molecule has 2 rings (SSSR count). The summed E-state index contributed by atoms with van der Waals surface area (Å²) in [7, 11) is 0. The van der Waals surface area contributed by atoms with Gasteiger partial charge >= 0.3 is 11.7 Å². The lowest BCUT2D eigenvalue weighted by Gasteiger charge is -2.09. The Balaban J connectivity index is 2.34. The van der Waals surface area contributed by atoms with E-state index in [0.29, 0.717) is 10.7 Å². The summed E-state index contributed by atoms with van der Waals surface area (Å²) in [5.41, 5.74) is 0.704. The van der Waals surface area contributed by atoms with Crippen molar-refractivity contribution >= 4 is 17.7 Å². The van der Waals surface area contributed by atoms with E-state index in [1.807, 2.05) is 13.8 Å². The molecule has 0 fully saturated rings. The Kier molecular flexibility index (Phi) is 3.99. The predicted molar refractivity (Wildman–Crippen MR) is 75.5 cm³/mol. The van der Waals surface area contributed by atoms with Crippen LogP contribution in [0.2, 0.25) is 0 Å². The zero-order valence-corrected chi connectivity index (χ0v) is 12.2. The summed E-state index contributed by atoms with van der Waals surface area (Å²) in [6.07, 6.45) is 0. The van der Waals surface area contributed by atoms with E-state index in [2.05, 4.69) is 10.2 Å². The van der Waals surface area contributed by atoms with Crippen LogP contribution in [0.1, 0.15) is 35.8 Å².